The molecule has 114 valence electrons. The lowest BCUT2D eigenvalue weighted by Gasteiger charge is -2.29. The number of hydrogen-bond donors (Lipinski definition) is 3. The zero-order valence-corrected chi connectivity index (χ0v) is 12.5. The largest absolute Gasteiger partial charge is 0.437 e. The van der Waals surface area contributed by atoms with E-state index in [0.29, 0.717) is 6.42 Å². The Bertz CT molecular complexity index is 579. The quantitative estimate of drug-likeness (QED) is 0.435. The zero-order chi connectivity index (χ0) is 16.0. The number of nitrogens with two attached hydrogens (primary N) is 2. The topological polar surface area (TPSA) is 103 Å². The Kier molecular flexibility index (Phi) is 5.60. The summed E-state index contributed by atoms with van der Waals surface area (Å²) in [5.74, 6) is -0.520. The number of ether oxygens (including phenoxy) is 1. The van der Waals surface area contributed by atoms with E-state index < -0.39 is 17.5 Å². The Morgan fingerprint density at radius 2 is 2.10 bits per heavy atom. The zero-order valence-electron chi connectivity index (χ0n) is 11.7. The molecule has 0 radical (unpaired) electrons. The number of primary amides is 1. The smallest absolute Gasteiger partial charge is 0.405 e. The van der Waals surface area contributed by atoms with Crippen LogP contribution in [0.2, 0.25) is 0 Å². The molecule has 0 aromatic heterocycles. The predicted molar refractivity (Wildman–Crippen MR) is 82.2 cm³/mol. The van der Waals surface area contributed by atoms with Crippen molar-refractivity contribution in [2.24, 2.45) is 16.6 Å². The third kappa shape index (κ3) is 4.38. The number of amides is 1. The van der Waals surface area contributed by atoms with Gasteiger partial charge in [0.25, 0.3) is 0 Å². The first-order valence-electron chi connectivity index (χ1n) is 6.17. The molecule has 0 bridgehead atoms. The van der Waals surface area contributed by atoms with Crippen molar-refractivity contribution in [3.8, 4) is 0 Å². The van der Waals surface area contributed by atoms with Gasteiger partial charge < -0.3 is 16.2 Å². The second kappa shape index (κ2) is 6.98. The fourth-order valence-electron chi connectivity index (χ4n) is 1.74. The van der Waals surface area contributed by atoms with E-state index in [9.17, 15) is 9.18 Å². The van der Waals surface area contributed by atoms with E-state index in [1.54, 1.807) is 19.9 Å². The number of thiocarbonyl (C=S) groups is 1. The highest BCUT2D eigenvalue weighted by atomic mass is 32.1. The van der Waals surface area contributed by atoms with E-state index in [2.05, 4.69) is 22.7 Å². The molecule has 1 unspecified atom stereocenters. The lowest BCUT2D eigenvalue weighted by molar-refractivity contribution is 0.0779. The van der Waals surface area contributed by atoms with E-state index in [0.717, 1.165) is 0 Å². The summed E-state index contributed by atoms with van der Waals surface area (Å²) in [7, 11) is 0. The molecule has 0 aliphatic heterocycles. The number of rotatable bonds is 5. The van der Waals surface area contributed by atoms with Crippen molar-refractivity contribution in [1.82, 2.24) is 5.43 Å². The summed E-state index contributed by atoms with van der Waals surface area (Å²) in [5, 5.41) is 3.88. The van der Waals surface area contributed by atoms with Crippen LogP contribution in [0.25, 0.3) is 0 Å². The summed E-state index contributed by atoms with van der Waals surface area (Å²) < 4.78 is 19.1. The van der Waals surface area contributed by atoms with Crippen molar-refractivity contribution >= 4 is 29.1 Å². The number of hydrazone groups is 1. The van der Waals surface area contributed by atoms with Gasteiger partial charge in [-0.1, -0.05) is 19.1 Å². The molecule has 1 aromatic rings. The van der Waals surface area contributed by atoms with Crippen LogP contribution < -0.4 is 16.9 Å². The number of carbonyl (C=O) groups is 1. The van der Waals surface area contributed by atoms with Crippen LogP contribution in [0.1, 0.15) is 25.8 Å². The van der Waals surface area contributed by atoms with Crippen molar-refractivity contribution in [2.45, 2.75) is 25.9 Å². The van der Waals surface area contributed by atoms with Crippen molar-refractivity contribution in [2.75, 3.05) is 0 Å². The number of nitrogens with zero attached hydrogens (tertiary/aromatic N) is 1. The molecule has 0 saturated carbocycles. The molecule has 6 nitrogen and oxygen atoms in total. The molecule has 5 N–H and O–H groups in total. The molecule has 1 amide bonds. The highest BCUT2D eigenvalue weighted by molar-refractivity contribution is 7.80. The average molecular weight is 312 g/mol. The van der Waals surface area contributed by atoms with E-state index in [1.165, 1.54) is 18.2 Å². The fraction of sp³-hybridized carbons (Fsp3) is 0.308. The lowest BCUT2D eigenvalue weighted by Crippen LogP contribution is -2.44. The van der Waals surface area contributed by atoms with E-state index in [4.69, 9.17) is 16.2 Å². The van der Waals surface area contributed by atoms with Gasteiger partial charge in [-0.25, -0.2) is 9.18 Å². The Labute approximate surface area is 127 Å². The summed E-state index contributed by atoms with van der Waals surface area (Å²) in [6.45, 7) is 3.32. The van der Waals surface area contributed by atoms with E-state index >= 15 is 0 Å². The van der Waals surface area contributed by atoms with Crippen molar-refractivity contribution in [3.63, 3.8) is 0 Å². The van der Waals surface area contributed by atoms with Gasteiger partial charge in [0.1, 0.15) is 11.5 Å². The third-order valence-corrected chi connectivity index (χ3v) is 3.00. The van der Waals surface area contributed by atoms with Crippen LogP contribution in [0.5, 0.6) is 0 Å². The standard InChI is InChI=1S/C13H17FN4O2S/c1-3-13(2,20-12(16)19)10(17-18-11(15)21)8-6-4-5-7-9(8)14/h4-7H,3H2,1-2H3,(H2,16,19)(H3,15,18,21). The van der Waals surface area contributed by atoms with Crippen molar-refractivity contribution < 1.29 is 13.9 Å². The lowest BCUT2D eigenvalue weighted by atomic mass is 9.91. The van der Waals surface area contributed by atoms with Crippen molar-refractivity contribution in [1.29, 1.82) is 0 Å². The molecule has 0 aliphatic carbocycles. The van der Waals surface area contributed by atoms with Gasteiger partial charge in [-0.3, -0.25) is 5.43 Å². The summed E-state index contributed by atoms with van der Waals surface area (Å²) in [6.07, 6.45) is -0.666. The molecule has 0 fully saturated rings. The first-order valence-corrected chi connectivity index (χ1v) is 6.58. The van der Waals surface area contributed by atoms with Gasteiger partial charge in [-0.15, -0.1) is 0 Å². The number of halogens is 1. The van der Waals surface area contributed by atoms with Crippen LogP contribution in [-0.4, -0.2) is 22.5 Å². The van der Waals surface area contributed by atoms with Crippen LogP contribution in [0.3, 0.4) is 0 Å². The number of carbonyl (C=O) groups excluding carboxylic acids is 1. The molecule has 0 aliphatic rings. The minimum Gasteiger partial charge on any atom is -0.437 e. The maximum atomic E-state index is 14.0. The number of nitrogens with one attached hydrogen (secondary N) is 1. The highest BCUT2D eigenvalue weighted by Crippen LogP contribution is 2.24. The van der Waals surface area contributed by atoms with Gasteiger partial charge in [-0.2, -0.15) is 5.10 Å². The molecule has 21 heavy (non-hydrogen) atoms. The fourth-order valence-corrected chi connectivity index (χ4v) is 1.78. The van der Waals surface area contributed by atoms with Gasteiger partial charge >= 0.3 is 6.09 Å². The second-order valence-electron chi connectivity index (χ2n) is 4.42. The minimum atomic E-state index is -1.23. The molecule has 1 atom stereocenters. The van der Waals surface area contributed by atoms with Crippen LogP contribution in [-0.2, 0) is 4.74 Å². The normalized spacial score (nSPS) is 14.1. The number of hydrogen-bond acceptors (Lipinski definition) is 4. The van der Waals surface area contributed by atoms with Crippen LogP contribution in [0.15, 0.2) is 29.4 Å². The minimum absolute atomic E-state index is 0.0960. The van der Waals surface area contributed by atoms with Crippen LogP contribution >= 0.6 is 12.2 Å². The first kappa shape index (κ1) is 16.8. The Morgan fingerprint density at radius 3 is 2.57 bits per heavy atom. The van der Waals surface area contributed by atoms with Gasteiger partial charge in [0.05, 0.1) is 0 Å². The molecule has 0 spiro atoms. The predicted octanol–water partition coefficient (Wildman–Crippen LogP) is 1.63. The monoisotopic (exact) mass is 312 g/mol. The van der Waals surface area contributed by atoms with Gasteiger partial charge in [0, 0.05) is 5.56 Å². The Balaban J connectivity index is 3.38. The van der Waals surface area contributed by atoms with E-state index in [-0.39, 0.29) is 16.4 Å². The van der Waals surface area contributed by atoms with E-state index in [1.807, 2.05) is 0 Å². The van der Waals surface area contributed by atoms with Crippen LogP contribution in [0, 0.1) is 5.82 Å². The van der Waals surface area contributed by atoms with Crippen molar-refractivity contribution in [3.05, 3.63) is 35.6 Å². The maximum Gasteiger partial charge on any atom is 0.405 e. The molecule has 0 saturated heterocycles. The molecule has 8 heteroatoms. The van der Waals surface area contributed by atoms with Gasteiger partial charge in [0.15, 0.2) is 10.7 Å². The average Bonchev–Trinajstić information content (AvgIpc) is 2.39. The third-order valence-electron chi connectivity index (χ3n) is 2.91. The molecule has 1 aromatic carbocycles. The molecule has 1 rings (SSSR count). The number of benzene rings is 1. The molecular formula is C13H17FN4O2S. The maximum absolute atomic E-state index is 14.0. The summed E-state index contributed by atoms with van der Waals surface area (Å²) in [4.78, 5) is 11.1. The summed E-state index contributed by atoms with van der Waals surface area (Å²) in [5.41, 5.74) is 11.9. The second-order valence-corrected chi connectivity index (χ2v) is 4.86. The highest BCUT2D eigenvalue weighted by Gasteiger charge is 2.35. The summed E-state index contributed by atoms with van der Waals surface area (Å²) >= 11 is 4.68. The Hall–Kier alpha value is -2.22. The SMILES string of the molecule is CCC(C)(OC(N)=O)C(=NNC(N)=S)c1ccccc1F. The van der Waals surface area contributed by atoms with Crippen LogP contribution in [0.4, 0.5) is 9.18 Å². The first-order chi connectivity index (χ1) is 9.80. The Morgan fingerprint density at radius 1 is 1.48 bits per heavy atom. The molecule has 0 heterocycles. The van der Waals surface area contributed by atoms with Gasteiger partial charge in [-0.05, 0) is 37.7 Å². The summed E-state index contributed by atoms with van der Waals surface area (Å²) in [6, 6.07) is 5.95. The molecular weight excluding hydrogens is 295 g/mol. The van der Waals surface area contributed by atoms with Gasteiger partial charge in [0.2, 0.25) is 0 Å².